The van der Waals surface area contributed by atoms with Crippen LogP contribution in [0.1, 0.15) is 37.3 Å². The van der Waals surface area contributed by atoms with Crippen molar-refractivity contribution in [1.29, 1.82) is 0 Å². The lowest BCUT2D eigenvalue weighted by atomic mass is 9.85. The molecule has 0 aromatic heterocycles. The third-order valence-electron chi connectivity index (χ3n) is 6.27. The fraction of sp³-hybridized carbons (Fsp3) is 0.609. The Hall–Kier alpha value is -1.56. The van der Waals surface area contributed by atoms with Gasteiger partial charge < -0.3 is 10.6 Å². The van der Waals surface area contributed by atoms with Crippen molar-refractivity contribution in [3.8, 4) is 0 Å². The maximum atomic E-state index is 6.28. The molecule has 6 heteroatoms. The molecule has 160 valence electrons. The molecule has 2 aliphatic rings. The Bertz CT molecular complexity index is 684. The van der Waals surface area contributed by atoms with Crippen molar-refractivity contribution in [3.05, 3.63) is 47.5 Å². The molecule has 2 fully saturated rings. The molecule has 2 aliphatic heterocycles. The number of hydrogen-bond donors (Lipinski definition) is 2. The number of nitrogens with one attached hydrogen (secondary N) is 2. The first-order valence-corrected chi connectivity index (χ1v) is 11.2. The minimum absolute atomic E-state index is 0.384. The van der Waals surface area contributed by atoms with Crippen molar-refractivity contribution in [3.63, 3.8) is 0 Å². The Labute approximate surface area is 181 Å². The quantitative estimate of drug-likeness (QED) is 0.422. The Kier molecular flexibility index (Phi) is 8.40. The van der Waals surface area contributed by atoms with Crippen LogP contribution in [-0.2, 0) is 0 Å². The Morgan fingerprint density at radius 2 is 2.07 bits per heavy atom. The maximum absolute atomic E-state index is 6.28. The van der Waals surface area contributed by atoms with Crippen molar-refractivity contribution in [1.82, 2.24) is 20.4 Å². The van der Waals surface area contributed by atoms with E-state index in [-0.39, 0.29) is 0 Å². The topological polar surface area (TPSA) is 42.9 Å². The number of aliphatic imine (C=N–C) groups is 1. The zero-order valence-electron chi connectivity index (χ0n) is 17.9. The first-order valence-electron chi connectivity index (χ1n) is 10.9. The Morgan fingerprint density at radius 3 is 2.76 bits per heavy atom. The van der Waals surface area contributed by atoms with Gasteiger partial charge in [0.05, 0.1) is 0 Å². The third kappa shape index (κ3) is 6.21. The van der Waals surface area contributed by atoms with E-state index in [1.165, 1.54) is 18.4 Å². The van der Waals surface area contributed by atoms with Crippen LogP contribution in [-0.4, -0.2) is 68.6 Å². The number of halogens is 1. The van der Waals surface area contributed by atoms with Crippen LogP contribution in [0.25, 0.3) is 0 Å². The minimum Gasteiger partial charge on any atom is -0.356 e. The Morgan fingerprint density at radius 1 is 1.28 bits per heavy atom. The van der Waals surface area contributed by atoms with E-state index in [0.717, 1.165) is 56.5 Å². The second-order valence-electron chi connectivity index (χ2n) is 8.34. The summed E-state index contributed by atoms with van der Waals surface area (Å²) in [7, 11) is 4.09. The summed E-state index contributed by atoms with van der Waals surface area (Å²) in [6.45, 7) is 9.11. The second kappa shape index (κ2) is 11.0. The molecule has 2 saturated heterocycles. The first kappa shape index (κ1) is 22.1. The van der Waals surface area contributed by atoms with E-state index >= 15 is 0 Å². The second-order valence-corrected chi connectivity index (χ2v) is 8.78. The smallest absolute Gasteiger partial charge is 0.191 e. The number of benzene rings is 1. The zero-order valence-corrected chi connectivity index (χ0v) is 18.7. The van der Waals surface area contributed by atoms with Crippen LogP contribution < -0.4 is 10.6 Å². The molecule has 3 rings (SSSR count). The van der Waals surface area contributed by atoms with Crippen molar-refractivity contribution < 1.29 is 0 Å². The molecule has 2 heterocycles. The van der Waals surface area contributed by atoms with Gasteiger partial charge >= 0.3 is 0 Å². The molecule has 5 nitrogen and oxygen atoms in total. The molecule has 0 aliphatic carbocycles. The largest absolute Gasteiger partial charge is 0.356 e. The summed E-state index contributed by atoms with van der Waals surface area (Å²) in [5.41, 5.74) is 1.31. The lowest BCUT2D eigenvalue weighted by Crippen LogP contribution is -2.50. The molecule has 2 N–H and O–H groups in total. The number of nitrogens with zero attached hydrogens (tertiary/aromatic N) is 3. The fourth-order valence-corrected chi connectivity index (χ4v) is 4.95. The predicted molar refractivity (Wildman–Crippen MR) is 124 cm³/mol. The number of piperidine rings is 2. The van der Waals surface area contributed by atoms with Crippen LogP contribution in [0.15, 0.2) is 41.9 Å². The average molecular weight is 418 g/mol. The van der Waals surface area contributed by atoms with E-state index in [2.05, 4.69) is 57.3 Å². The summed E-state index contributed by atoms with van der Waals surface area (Å²) < 4.78 is 0. The van der Waals surface area contributed by atoms with Gasteiger partial charge in [0.15, 0.2) is 5.96 Å². The summed E-state index contributed by atoms with van der Waals surface area (Å²) in [6.07, 6.45) is 6.72. The molecule has 0 spiro atoms. The summed E-state index contributed by atoms with van der Waals surface area (Å²) in [5.74, 6) is 1.45. The molecular weight excluding hydrogens is 382 g/mol. The van der Waals surface area contributed by atoms with E-state index in [1.807, 2.05) is 19.2 Å². The minimum atomic E-state index is 0.384. The summed E-state index contributed by atoms with van der Waals surface area (Å²) in [6, 6.07) is 9.20. The van der Waals surface area contributed by atoms with Crippen LogP contribution in [0.5, 0.6) is 0 Å². The molecule has 1 aromatic rings. The molecule has 0 radical (unpaired) electrons. The van der Waals surface area contributed by atoms with Gasteiger partial charge in [-0.3, -0.25) is 14.8 Å². The lowest BCUT2D eigenvalue weighted by Gasteiger charge is -2.40. The van der Waals surface area contributed by atoms with Gasteiger partial charge in [0, 0.05) is 50.3 Å². The van der Waals surface area contributed by atoms with Gasteiger partial charge in [-0.1, -0.05) is 29.8 Å². The van der Waals surface area contributed by atoms with Crippen LogP contribution in [0.2, 0.25) is 5.02 Å². The summed E-state index contributed by atoms with van der Waals surface area (Å²) >= 11 is 6.28. The molecule has 2 unspecified atom stereocenters. The van der Waals surface area contributed by atoms with Crippen molar-refractivity contribution in [2.75, 3.05) is 46.8 Å². The number of rotatable bonds is 6. The normalized spacial score (nSPS) is 25.0. The highest BCUT2D eigenvalue weighted by Crippen LogP contribution is 2.35. The van der Waals surface area contributed by atoms with Gasteiger partial charge in [0.2, 0.25) is 0 Å². The summed E-state index contributed by atoms with van der Waals surface area (Å²) in [4.78, 5) is 9.40. The van der Waals surface area contributed by atoms with Crippen molar-refractivity contribution in [2.24, 2.45) is 10.9 Å². The number of likely N-dealkylation sites (tertiary alicyclic amines) is 2. The van der Waals surface area contributed by atoms with Gasteiger partial charge in [-0.25, -0.2) is 0 Å². The van der Waals surface area contributed by atoms with Gasteiger partial charge in [0.25, 0.3) is 0 Å². The highest BCUT2D eigenvalue weighted by Gasteiger charge is 2.31. The van der Waals surface area contributed by atoms with Crippen LogP contribution >= 0.6 is 11.6 Å². The van der Waals surface area contributed by atoms with E-state index in [1.54, 1.807) is 0 Å². The monoisotopic (exact) mass is 417 g/mol. The lowest BCUT2D eigenvalue weighted by molar-refractivity contribution is 0.122. The van der Waals surface area contributed by atoms with Crippen LogP contribution in [0, 0.1) is 5.92 Å². The molecule has 0 amide bonds. The van der Waals surface area contributed by atoms with Crippen molar-refractivity contribution >= 4 is 17.6 Å². The first-order chi connectivity index (χ1) is 14.1. The average Bonchev–Trinajstić information content (AvgIpc) is 2.72. The molecule has 2 atom stereocenters. The maximum Gasteiger partial charge on any atom is 0.191 e. The molecule has 1 aromatic carbocycles. The van der Waals surface area contributed by atoms with Gasteiger partial charge in [-0.15, -0.1) is 6.58 Å². The standard InChI is InChI=1S/C23H36ClN5/c1-4-12-29-14-10-21(11-15-29)27-23(25-2)26-17-19-8-6-13-28(3)22(19)18-7-5-9-20(24)16-18/h4-5,7,9,16,19,21-22H,1,6,8,10-15,17H2,2-3H3,(H2,25,26,27). The number of guanidine groups is 1. The molecule has 0 saturated carbocycles. The van der Waals surface area contributed by atoms with Gasteiger partial charge in [-0.05, 0) is 62.9 Å². The van der Waals surface area contributed by atoms with Crippen LogP contribution in [0.4, 0.5) is 0 Å². The van der Waals surface area contributed by atoms with E-state index in [4.69, 9.17) is 11.6 Å². The molecule has 29 heavy (non-hydrogen) atoms. The van der Waals surface area contributed by atoms with E-state index in [9.17, 15) is 0 Å². The van der Waals surface area contributed by atoms with E-state index in [0.29, 0.717) is 18.0 Å². The third-order valence-corrected chi connectivity index (χ3v) is 6.50. The highest BCUT2D eigenvalue weighted by molar-refractivity contribution is 6.30. The van der Waals surface area contributed by atoms with Gasteiger partial charge in [-0.2, -0.15) is 0 Å². The SMILES string of the molecule is C=CCN1CCC(NC(=NC)NCC2CCCN(C)C2c2cccc(Cl)c2)CC1. The zero-order chi connectivity index (χ0) is 20.6. The van der Waals surface area contributed by atoms with Gasteiger partial charge in [0.1, 0.15) is 0 Å². The van der Waals surface area contributed by atoms with Crippen molar-refractivity contribution in [2.45, 2.75) is 37.8 Å². The molecule has 0 bridgehead atoms. The Balaban J connectivity index is 1.55. The van der Waals surface area contributed by atoms with Crippen LogP contribution in [0.3, 0.4) is 0 Å². The van der Waals surface area contributed by atoms with E-state index < -0.39 is 0 Å². The predicted octanol–water partition coefficient (Wildman–Crippen LogP) is 3.54. The molecular formula is C23H36ClN5. The summed E-state index contributed by atoms with van der Waals surface area (Å²) in [5, 5.41) is 8.06. The number of hydrogen-bond acceptors (Lipinski definition) is 3. The highest BCUT2D eigenvalue weighted by atomic mass is 35.5. The fourth-order valence-electron chi connectivity index (χ4n) is 4.75.